The average Bonchev–Trinajstić information content (AvgIpc) is 3.30. The number of ether oxygens (including phenoxy) is 1. The molecule has 3 aromatic carbocycles. The molecule has 5 rings (SSSR count). The second kappa shape index (κ2) is 8.02. The van der Waals surface area contributed by atoms with Gasteiger partial charge in [-0.25, -0.2) is 9.38 Å². The number of methoxy groups -OCH3 is 1. The van der Waals surface area contributed by atoms with Gasteiger partial charge >= 0.3 is 10.1 Å². The zero-order chi connectivity index (χ0) is 23.2. The van der Waals surface area contributed by atoms with Crippen molar-refractivity contribution in [2.24, 2.45) is 0 Å². The van der Waals surface area contributed by atoms with Crippen LogP contribution in [-0.2, 0) is 10.1 Å². The van der Waals surface area contributed by atoms with Gasteiger partial charge in [0.05, 0.1) is 22.7 Å². The zero-order valence-corrected chi connectivity index (χ0v) is 19.3. The van der Waals surface area contributed by atoms with Gasteiger partial charge in [-0.05, 0) is 55.0 Å². The van der Waals surface area contributed by atoms with Crippen LogP contribution in [0.1, 0.15) is 11.1 Å². The molecule has 0 N–H and O–H groups in total. The normalized spacial score (nSPS) is 12.5. The molecule has 9 heteroatoms. The molecule has 0 radical (unpaired) electrons. The molecule has 2 heterocycles. The van der Waals surface area contributed by atoms with E-state index < -0.39 is 10.1 Å². The summed E-state index contributed by atoms with van der Waals surface area (Å²) in [6.07, 6.45) is 1.68. The number of thiazole rings is 1. The van der Waals surface area contributed by atoms with Gasteiger partial charge in [0, 0.05) is 0 Å². The SMILES string of the molecule is COc1ccc(/C=c2\sc3nc4ccccc4n3c2=O)cc1OS(=O)(=O)c1ccc(C)cc1. The lowest BCUT2D eigenvalue weighted by Crippen LogP contribution is -2.22. The summed E-state index contributed by atoms with van der Waals surface area (Å²) in [5.74, 6) is 0.295. The molecular weight excluding hydrogens is 460 g/mol. The highest BCUT2D eigenvalue weighted by atomic mass is 32.2. The lowest BCUT2D eigenvalue weighted by molar-refractivity contribution is 0.390. The van der Waals surface area contributed by atoms with Gasteiger partial charge in [0.25, 0.3) is 5.56 Å². The number of benzene rings is 3. The Morgan fingerprint density at radius 3 is 2.52 bits per heavy atom. The summed E-state index contributed by atoms with van der Waals surface area (Å²) in [4.78, 5) is 18.2. The molecule has 0 aliphatic heterocycles. The third-order valence-electron chi connectivity index (χ3n) is 5.14. The van der Waals surface area contributed by atoms with Crippen LogP contribution in [0.3, 0.4) is 0 Å². The van der Waals surface area contributed by atoms with E-state index in [1.807, 2.05) is 31.2 Å². The molecule has 5 aromatic rings. The summed E-state index contributed by atoms with van der Waals surface area (Å²) in [6, 6.07) is 18.7. The number of rotatable bonds is 5. The number of hydrogen-bond acceptors (Lipinski definition) is 7. The Balaban J connectivity index is 1.57. The number of nitrogens with zero attached hydrogens (tertiary/aromatic N) is 2. The fourth-order valence-corrected chi connectivity index (χ4v) is 5.40. The molecule has 0 aliphatic carbocycles. The maximum atomic E-state index is 13.0. The Morgan fingerprint density at radius 1 is 1.00 bits per heavy atom. The van der Waals surface area contributed by atoms with Crippen molar-refractivity contribution in [1.29, 1.82) is 0 Å². The van der Waals surface area contributed by atoms with Gasteiger partial charge in [-0.1, -0.05) is 47.2 Å². The molecule has 0 bridgehead atoms. The van der Waals surface area contributed by atoms with Crippen molar-refractivity contribution < 1.29 is 17.3 Å². The highest BCUT2D eigenvalue weighted by molar-refractivity contribution is 7.87. The minimum absolute atomic E-state index is 0.0334. The predicted octanol–water partition coefficient (Wildman–Crippen LogP) is 3.54. The van der Waals surface area contributed by atoms with Gasteiger partial charge in [-0.3, -0.25) is 4.79 Å². The van der Waals surface area contributed by atoms with Crippen LogP contribution in [0.15, 0.2) is 76.4 Å². The van der Waals surface area contributed by atoms with Gasteiger partial charge < -0.3 is 8.92 Å². The van der Waals surface area contributed by atoms with Crippen LogP contribution in [0.5, 0.6) is 11.5 Å². The van der Waals surface area contributed by atoms with Crippen LogP contribution in [0.2, 0.25) is 0 Å². The molecule has 33 heavy (non-hydrogen) atoms. The van der Waals surface area contributed by atoms with E-state index >= 15 is 0 Å². The third kappa shape index (κ3) is 3.85. The number of fused-ring (bicyclic) bond motifs is 3. The number of hydrogen-bond donors (Lipinski definition) is 0. The molecule has 0 saturated heterocycles. The van der Waals surface area contributed by atoms with Crippen molar-refractivity contribution in [3.8, 4) is 11.5 Å². The largest absolute Gasteiger partial charge is 0.493 e. The van der Waals surface area contributed by atoms with E-state index in [-0.39, 0.29) is 22.0 Å². The zero-order valence-electron chi connectivity index (χ0n) is 17.7. The van der Waals surface area contributed by atoms with Crippen LogP contribution in [0.25, 0.3) is 22.1 Å². The Hall–Kier alpha value is -3.69. The highest BCUT2D eigenvalue weighted by Crippen LogP contribution is 2.31. The lowest BCUT2D eigenvalue weighted by Gasteiger charge is -2.11. The average molecular weight is 479 g/mol. The second-order valence-electron chi connectivity index (χ2n) is 7.40. The predicted molar refractivity (Wildman–Crippen MR) is 128 cm³/mol. The van der Waals surface area contributed by atoms with Gasteiger partial charge in [-0.15, -0.1) is 0 Å². The van der Waals surface area contributed by atoms with E-state index in [9.17, 15) is 13.2 Å². The van der Waals surface area contributed by atoms with Gasteiger partial charge in [0.2, 0.25) is 0 Å². The summed E-state index contributed by atoms with van der Waals surface area (Å²) in [6.45, 7) is 1.87. The van der Waals surface area contributed by atoms with Crippen molar-refractivity contribution in [3.63, 3.8) is 0 Å². The summed E-state index contributed by atoms with van der Waals surface area (Å²) in [5.41, 5.74) is 2.85. The first-order valence-electron chi connectivity index (χ1n) is 9.97. The Morgan fingerprint density at radius 2 is 1.76 bits per heavy atom. The molecule has 0 unspecified atom stereocenters. The number of aryl methyl sites for hydroxylation is 1. The van der Waals surface area contributed by atoms with Crippen molar-refractivity contribution in [2.45, 2.75) is 11.8 Å². The maximum Gasteiger partial charge on any atom is 0.339 e. The van der Waals surface area contributed by atoms with E-state index in [0.29, 0.717) is 15.1 Å². The first-order valence-corrected chi connectivity index (χ1v) is 12.2. The molecule has 0 aliphatic rings. The monoisotopic (exact) mass is 478 g/mol. The van der Waals surface area contributed by atoms with E-state index in [4.69, 9.17) is 8.92 Å². The minimum Gasteiger partial charge on any atom is -0.493 e. The molecule has 0 fully saturated rings. The molecule has 7 nitrogen and oxygen atoms in total. The van der Waals surface area contributed by atoms with Crippen LogP contribution in [-0.4, -0.2) is 24.9 Å². The molecule has 0 amide bonds. The van der Waals surface area contributed by atoms with Gasteiger partial charge in [0.15, 0.2) is 16.5 Å². The smallest absolute Gasteiger partial charge is 0.339 e. The van der Waals surface area contributed by atoms with E-state index in [1.165, 1.54) is 36.6 Å². The molecule has 0 spiro atoms. The maximum absolute atomic E-state index is 13.0. The fourth-order valence-electron chi connectivity index (χ4n) is 3.48. The quantitative estimate of drug-likeness (QED) is 0.359. The topological polar surface area (TPSA) is 87.0 Å². The van der Waals surface area contributed by atoms with Crippen molar-refractivity contribution in [3.05, 3.63) is 92.7 Å². The van der Waals surface area contributed by atoms with Crippen molar-refractivity contribution in [2.75, 3.05) is 7.11 Å². The Kier molecular flexibility index (Phi) is 5.15. The summed E-state index contributed by atoms with van der Waals surface area (Å²) in [5, 5.41) is 0. The number of imidazole rings is 1. The molecule has 0 saturated carbocycles. The van der Waals surface area contributed by atoms with Crippen LogP contribution in [0, 0.1) is 6.92 Å². The molecular formula is C24H18N2O5S2. The number of aromatic nitrogens is 2. The summed E-state index contributed by atoms with van der Waals surface area (Å²) >= 11 is 1.27. The van der Waals surface area contributed by atoms with E-state index in [2.05, 4.69) is 4.98 Å². The van der Waals surface area contributed by atoms with Crippen molar-refractivity contribution in [1.82, 2.24) is 9.38 Å². The van der Waals surface area contributed by atoms with Gasteiger partial charge in [-0.2, -0.15) is 8.42 Å². The van der Waals surface area contributed by atoms with Gasteiger partial charge in [0.1, 0.15) is 4.90 Å². The minimum atomic E-state index is -4.06. The van der Waals surface area contributed by atoms with Crippen LogP contribution >= 0.6 is 11.3 Å². The lowest BCUT2D eigenvalue weighted by atomic mass is 10.2. The first kappa shape index (κ1) is 21.2. The van der Waals surface area contributed by atoms with E-state index in [1.54, 1.807) is 34.7 Å². The summed E-state index contributed by atoms with van der Waals surface area (Å²) < 4.78 is 38.3. The van der Waals surface area contributed by atoms with Crippen molar-refractivity contribution >= 4 is 43.5 Å². The van der Waals surface area contributed by atoms with E-state index in [0.717, 1.165) is 16.6 Å². The van der Waals surface area contributed by atoms with Crippen LogP contribution < -0.4 is 19.0 Å². The first-order chi connectivity index (χ1) is 15.9. The summed E-state index contributed by atoms with van der Waals surface area (Å²) in [7, 11) is -2.63. The third-order valence-corrected chi connectivity index (χ3v) is 7.36. The Bertz CT molecular complexity index is 1720. The standard InChI is InChI=1S/C24H18N2O5S2/c1-15-7-10-17(11-8-15)33(28,29)31-21-13-16(9-12-20(21)30-2)14-22-23(27)26-19-6-4-3-5-18(19)25-24(26)32-22/h3-14H,1-2H3/b22-14-. The molecule has 0 atom stereocenters. The Labute approximate surface area is 193 Å². The highest BCUT2D eigenvalue weighted by Gasteiger charge is 2.19. The second-order valence-corrected chi connectivity index (χ2v) is 9.95. The van der Waals surface area contributed by atoms with Crippen LogP contribution in [0.4, 0.5) is 0 Å². The fraction of sp³-hybridized carbons (Fsp3) is 0.0833. The number of para-hydroxylation sites is 2. The molecule has 2 aromatic heterocycles. The molecule has 166 valence electrons.